The Balaban J connectivity index is 3.53. The molecule has 0 radical (unpaired) electrons. The van der Waals surface area contributed by atoms with Crippen LogP contribution in [0.15, 0.2) is 22.3 Å². The van der Waals surface area contributed by atoms with Crippen LogP contribution in [-0.4, -0.2) is 11.7 Å². The molecule has 1 heteroatoms. The largest absolute Gasteiger partial charge is 0.396 e. The fraction of sp³-hybridized carbons (Fsp3) is 0.940. The summed E-state index contributed by atoms with van der Waals surface area (Å²) in [5, 5.41) is 10.8. The summed E-state index contributed by atoms with van der Waals surface area (Å²) in [6.45, 7) is 14.5. The quantitative estimate of drug-likeness (QED) is 0.0603. The second-order valence-electron chi connectivity index (χ2n) is 23.5. The van der Waals surface area contributed by atoms with Crippen LogP contribution in [0.5, 0.6) is 0 Å². The van der Waals surface area contributed by atoms with Crippen molar-refractivity contribution in [3.63, 3.8) is 0 Å². The van der Waals surface area contributed by atoms with E-state index in [1.54, 1.807) is 5.57 Å². The van der Waals surface area contributed by atoms with E-state index in [0.29, 0.717) is 6.61 Å². The van der Waals surface area contributed by atoms with E-state index in [2.05, 4.69) is 41.5 Å². The molecule has 3 atom stereocenters. The zero-order valence-electron chi connectivity index (χ0n) is 48.4. The van der Waals surface area contributed by atoms with E-state index in [0.717, 1.165) is 24.2 Å². The molecule has 0 aromatic carbocycles. The fourth-order valence-corrected chi connectivity index (χ4v) is 12.3. The van der Waals surface area contributed by atoms with Gasteiger partial charge in [0.1, 0.15) is 0 Å². The van der Waals surface area contributed by atoms with E-state index in [-0.39, 0.29) is 0 Å². The molecule has 0 amide bonds. The lowest BCUT2D eigenvalue weighted by molar-refractivity contribution is 0.297. The molecule has 1 aliphatic rings. The van der Waals surface area contributed by atoms with Gasteiger partial charge in [0.2, 0.25) is 0 Å². The summed E-state index contributed by atoms with van der Waals surface area (Å²) < 4.78 is 0. The van der Waals surface area contributed by atoms with Crippen molar-refractivity contribution in [2.45, 2.75) is 382 Å². The first kappa shape index (κ1) is 65.5. The van der Waals surface area contributed by atoms with Gasteiger partial charge in [0.15, 0.2) is 0 Å². The van der Waals surface area contributed by atoms with Crippen LogP contribution in [0.25, 0.3) is 0 Å². The third-order valence-corrected chi connectivity index (χ3v) is 16.9. The highest BCUT2D eigenvalue weighted by molar-refractivity contribution is 5.48. The molecule has 1 N–H and O–H groups in total. The molecular formula is C67H130O. The Labute approximate surface area is 431 Å². The average molecular weight is 952 g/mol. The van der Waals surface area contributed by atoms with Crippen LogP contribution in [0, 0.1) is 17.8 Å². The summed E-state index contributed by atoms with van der Waals surface area (Å²) in [5.74, 6) is 2.51. The first-order valence-corrected chi connectivity index (χ1v) is 32.6. The van der Waals surface area contributed by atoms with Crippen LogP contribution in [0.4, 0.5) is 0 Å². The van der Waals surface area contributed by atoms with E-state index in [9.17, 15) is 5.11 Å². The Hall–Kier alpha value is -0.560. The number of hydrogen-bond donors (Lipinski definition) is 1. The van der Waals surface area contributed by atoms with Gasteiger partial charge >= 0.3 is 0 Å². The van der Waals surface area contributed by atoms with Gasteiger partial charge in [-0.15, -0.1) is 0 Å². The van der Waals surface area contributed by atoms with Crippen LogP contribution in [0.3, 0.4) is 0 Å². The SMILES string of the molecule is CCCCCCCCCCC(CCCCCCCC)CC1=C(CC(CCCCCCCC)CCCCCCCCCC)C(CC(CCCCCCCC)CCCCCCCCCC)=C(CCO)C1. The molecule has 0 aromatic rings. The smallest absolute Gasteiger partial charge is 0.0468 e. The predicted molar refractivity (Wildman–Crippen MR) is 310 cm³/mol. The van der Waals surface area contributed by atoms with Crippen molar-refractivity contribution in [1.29, 1.82) is 0 Å². The molecule has 0 aliphatic heterocycles. The minimum absolute atomic E-state index is 0.332. The average Bonchev–Trinajstić information content (AvgIpc) is 3.65. The number of aliphatic hydroxyl groups excluding tert-OH is 1. The van der Waals surface area contributed by atoms with Crippen molar-refractivity contribution in [3.05, 3.63) is 22.3 Å². The lowest BCUT2D eigenvalue weighted by Crippen LogP contribution is -2.10. The zero-order chi connectivity index (χ0) is 49.2. The van der Waals surface area contributed by atoms with Gasteiger partial charge in [0, 0.05) is 6.61 Å². The van der Waals surface area contributed by atoms with Gasteiger partial charge in [-0.3, -0.25) is 0 Å². The molecule has 0 saturated carbocycles. The molecule has 0 aromatic heterocycles. The fourth-order valence-electron chi connectivity index (χ4n) is 12.3. The van der Waals surface area contributed by atoms with Gasteiger partial charge < -0.3 is 5.11 Å². The summed E-state index contributed by atoms with van der Waals surface area (Å²) in [6, 6.07) is 0. The van der Waals surface area contributed by atoms with Gasteiger partial charge in [0.05, 0.1) is 0 Å². The van der Waals surface area contributed by atoms with E-state index < -0.39 is 0 Å². The molecule has 0 heterocycles. The van der Waals surface area contributed by atoms with Crippen molar-refractivity contribution in [1.82, 2.24) is 0 Å². The molecule has 404 valence electrons. The topological polar surface area (TPSA) is 20.2 Å². The summed E-state index contributed by atoms with van der Waals surface area (Å²) in [5.41, 5.74) is 7.28. The van der Waals surface area contributed by atoms with E-state index >= 15 is 0 Å². The Bertz CT molecular complexity index is 1080. The van der Waals surface area contributed by atoms with Crippen molar-refractivity contribution in [3.8, 4) is 0 Å². The third-order valence-electron chi connectivity index (χ3n) is 16.9. The van der Waals surface area contributed by atoms with Crippen LogP contribution in [0.2, 0.25) is 0 Å². The molecule has 3 unspecified atom stereocenters. The molecule has 0 saturated heterocycles. The Morgan fingerprint density at radius 2 is 0.471 bits per heavy atom. The van der Waals surface area contributed by atoms with Crippen molar-refractivity contribution < 1.29 is 5.11 Å². The van der Waals surface area contributed by atoms with Crippen molar-refractivity contribution >= 4 is 0 Å². The maximum Gasteiger partial charge on any atom is 0.0468 e. The third kappa shape index (κ3) is 38.1. The Kier molecular flexibility index (Phi) is 49.4. The number of aliphatic hydroxyl groups is 1. The number of hydrogen-bond acceptors (Lipinski definition) is 1. The Morgan fingerprint density at radius 3 is 0.706 bits per heavy atom. The van der Waals surface area contributed by atoms with Gasteiger partial charge in [-0.25, -0.2) is 0 Å². The monoisotopic (exact) mass is 951 g/mol. The molecule has 68 heavy (non-hydrogen) atoms. The molecule has 1 rings (SSSR count). The second kappa shape index (κ2) is 51.3. The van der Waals surface area contributed by atoms with E-state index in [1.165, 1.54) is 334 Å². The highest BCUT2D eigenvalue weighted by atomic mass is 16.3. The zero-order valence-corrected chi connectivity index (χ0v) is 48.4. The summed E-state index contributed by atoms with van der Waals surface area (Å²) in [4.78, 5) is 0. The summed E-state index contributed by atoms with van der Waals surface area (Å²) in [6.07, 6.45) is 74.7. The van der Waals surface area contributed by atoms with Gasteiger partial charge in [-0.2, -0.15) is 0 Å². The van der Waals surface area contributed by atoms with E-state index in [4.69, 9.17) is 0 Å². The predicted octanol–water partition coefficient (Wildman–Crippen LogP) is 24.2. The molecular weight excluding hydrogens is 821 g/mol. The molecule has 0 bridgehead atoms. The lowest BCUT2D eigenvalue weighted by atomic mass is 9.80. The number of unbranched alkanes of at least 4 members (excludes halogenated alkanes) is 36. The van der Waals surface area contributed by atoms with Crippen LogP contribution in [-0.2, 0) is 0 Å². The second-order valence-corrected chi connectivity index (χ2v) is 23.5. The number of rotatable bonds is 56. The molecule has 1 aliphatic carbocycles. The van der Waals surface area contributed by atoms with E-state index in [1.807, 2.05) is 16.7 Å². The maximum absolute atomic E-state index is 10.8. The highest BCUT2D eigenvalue weighted by Crippen LogP contribution is 2.46. The highest BCUT2D eigenvalue weighted by Gasteiger charge is 2.29. The minimum atomic E-state index is 0.332. The molecule has 0 spiro atoms. The van der Waals surface area contributed by atoms with Gasteiger partial charge in [-0.1, -0.05) is 361 Å². The van der Waals surface area contributed by atoms with Crippen molar-refractivity contribution in [2.24, 2.45) is 17.8 Å². The number of allylic oxidation sites excluding steroid dienone is 3. The lowest BCUT2D eigenvalue weighted by Gasteiger charge is -2.25. The normalized spacial score (nSPS) is 14.5. The first-order chi connectivity index (χ1) is 33.6. The van der Waals surface area contributed by atoms with Crippen LogP contribution >= 0.6 is 0 Å². The molecule has 0 fully saturated rings. The van der Waals surface area contributed by atoms with Gasteiger partial charge in [-0.05, 0) is 61.0 Å². The van der Waals surface area contributed by atoms with Crippen molar-refractivity contribution in [2.75, 3.05) is 6.61 Å². The van der Waals surface area contributed by atoms with Crippen LogP contribution in [0.1, 0.15) is 382 Å². The summed E-state index contributed by atoms with van der Waals surface area (Å²) >= 11 is 0. The standard InChI is InChI=1S/C67H130O/c1-7-13-19-25-31-34-40-44-50-61(49-43-37-28-22-16-10-4)57-65-60-64(55-56-68)66(58-62(51-45-38-29-23-17-11-5)52-47-41-35-32-26-20-14-8-2)67(65)59-63(53-46-39-30-24-18-12-6)54-48-42-36-33-27-21-15-9-3/h61-63,68H,7-60H2,1-6H3. The van der Waals surface area contributed by atoms with Gasteiger partial charge in [0.25, 0.3) is 0 Å². The molecule has 1 nitrogen and oxygen atoms in total. The Morgan fingerprint density at radius 1 is 0.265 bits per heavy atom. The van der Waals surface area contributed by atoms with Crippen LogP contribution < -0.4 is 0 Å². The minimum Gasteiger partial charge on any atom is -0.396 e. The first-order valence-electron chi connectivity index (χ1n) is 32.6. The summed E-state index contributed by atoms with van der Waals surface area (Å²) in [7, 11) is 0. The maximum atomic E-state index is 10.8.